The number of rotatable bonds is 6. The standard InChI is InChI=1S/C14H19O5P/c1-3-17-20(16,18-4-2)14-12(15)10-13(19-14)11-8-6-5-7-9-11/h5-9,13-14H,3-4,10H2,1-2H3/t13-,14?/m1/s1. The van der Waals surface area contributed by atoms with Gasteiger partial charge in [0.15, 0.2) is 5.78 Å². The Morgan fingerprint density at radius 2 is 1.80 bits per heavy atom. The third kappa shape index (κ3) is 3.18. The first kappa shape index (κ1) is 15.4. The monoisotopic (exact) mass is 298 g/mol. The summed E-state index contributed by atoms with van der Waals surface area (Å²) in [5.74, 6) is -1.35. The second-order valence-electron chi connectivity index (χ2n) is 4.43. The van der Waals surface area contributed by atoms with Crippen molar-refractivity contribution in [1.29, 1.82) is 0 Å². The van der Waals surface area contributed by atoms with Crippen LogP contribution in [0.1, 0.15) is 31.9 Å². The maximum atomic E-state index is 12.6. The van der Waals surface area contributed by atoms with Crippen LogP contribution in [0.25, 0.3) is 0 Å². The third-order valence-corrected chi connectivity index (χ3v) is 5.25. The quantitative estimate of drug-likeness (QED) is 0.754. The summed E-state index contributed by atoms with van der Waals surface area (Å²) in [6.07, 6.45) is -0.193. The van der Waals surface area contributed by atoms with Gasteiger partial charge in [0.2, 0.25) is 5.85 Å². The highest BCUT2D eigenvalue weighted by Crippen LogP contribution is 2.57. The molecule has 1 aliphatic heterocycles. The first-order valence-electron chi connectivity index (χ1n) is 6.72. The molecular weight excluding hydrogens is 279 g/mol. The van der Waals surface area contributed by atoms with Gasteiger partial charge in [-0.3, -0.25) is 9.36 Å². The van der Waals surface area contributed by atoms with E-state index in [4.69, 9.17) is 13.8 Å². The minimum atomic E-state index is -3.55. The predicted molar refractivity (Wildman–Crippen MR) is 74.5 cm³/mol. The zero-order valence-corrected chi connectivity index (χ0v) is 12.5. The highest BCUT2D eigenvalue weighted by atomic mass is 31.2. The topological polar surface area (TPSA) is 61.8 Å². The molecule has 1 unspecified atom stereocenters. The number of benzene rings is 1. The van der Waals surface area contributed by atoms with Gasteiger partial charge >= 0.3 is 7.60 Å². The van der Waals surface area contributed by atoms with Gasteiger partial charge in [-0.05, 0) is 19.4 Å². The first-order valence-corrected chi connectivity index (χ1v) is 8.33. The summed E-state index contributed by atoms with van der Waals surface area (Å²) in [7, 11) is -3.55. The van der Waals surface area contributed by atoms with Crippen molar-refractivity contribution in [3.8, 4) is 0 Å². The SMILES string of the molecule is CCOP(=O)(OCC)C1O[C@@H](c2ccccc2)CC1=O. The van der Waals surface area contributed by atoms with Crippen molar-refractivity contribution in [3.63, 3.8) is 0 Å². The highest BCUT2D eigenvalue weighted by Gasteiger charge is 2.48. The Morgan fingerprint density at radius 1 is 1.20 bits per heavy atom. The van der Waals surface area contributed by atoms with Gasteiger partial charge in [0.25, 0.3) is 0 Å². The average Bonchev–Trinajstić information content (AvgIpc) is 2.83. The van der Waals surface area contributed by atoms with Crippen LogP contribution < -0.4 is 0 Å². The van der Waals surface area contributed by atoms with Crippen LogP contribution in [0.15, 0.2) is 30.3 Å². The van der Waals surface area contributed by atoms with E-state index < -0.39 is 13.4 Å². The van der Waals surface area contributed by atoms with E-state index in [9.17, 15) is 9.36 Å². The van der Waals surface area contributed by atoms with Crippen LogP contribution in [0.2, 0.25) is 0 Å². The van der Waals surface area contributed by atoms with E-state index in [0.717, 1.165) is 5.56 Å². The van der Waals surface area contributed by atoms with E-state index in [2.05, 4.69) is 0 Å². The molecule has 1 fully saturated rings. The van der Waals surface area contributed by atoms with E-state index >= 15 is 0 Å². The van der Waals surface area contributed by atoms with Crippen molar-refractivity contribution < 1.29 is 23.1 Å². The molecule has 2 atom stereocenters. The Morgan fingerprint density at radius 3 is 2.35 bits per heavy atom. The van der Waals surface area contributed by atoms with E-state index in [1.54, 1.807) is 13.8 Å². The fourth-order valence-corrected chi connectivity index (χ4v) is 4.03. The lowest BCUT2D eigenvalue weighted by Gasteiger charge is -2.22. The molecule has 0 aliphatic carbocycles. The molecule has 1 aliphatic rings. The molecule has 1 aromatic carbocycles. The molecule has 2 rings (SSSR count). The Hall–Kier alpha value is -1.00. The fraction of sp³-hybridized carbons (Fsp3) is 0.500. The van der Waals surface area contributed by atoms with Crippen molar-refractivity contribution in [2.24, 2.45) is 0 Å². The van der Waals surface area contributed by atoms with Gasteiger partial charge in [-0.25, -0.2) is 0 Å². The van der Waals surface area contributed by atoms with Gasteiger partial charge in [0, 0.05) is 6.42 Å². The molecular formula is C14H19O5P. The maximum absolute atomic E-state index is 12.6. The summed E-state index contributed by atoms with van der Waals surface area (Å²) in [5.41, 5.74) is 0.892. The Bertz CT molecular complexity index is 492. The molecule has 110 valence electrons. The lowest BCUT2D eigenvalue weighted by atomic mass is 10.1. The Labute approximate surface area is 118 Å². The summed E-state index contributed by atoms with van der Waals surface area (Å²) in [6, 6.07) is 9.41. The smallest absolute Gasteiger partial charge is 0.350 e. The molecule has 0 radical (unpaired) electrons. The van der Waals surface area contributed by atoms with Crippen LogP contribution >= 0.6 is 7.60 Å². The van der Waals surface area contributed by atoms with Gasteiger partial charge in [0.1, 0.15) is 0 Å². The van der Waals surface area contributed by atoms with Crippen LogP contribution in [0, 0.1) is 0 Å². The number of carbonyl (C=O) groups excluding carboxylic acids is 1. The number of Topliss-reactive ketones (excluding diaryl/α,β-unsaturated/α-hetero) is 1. The molecule has 0 bridgehead atoms. The largest absolute Gasteiger partial charge is 0.366 e. The van der Waals surface area contributed by atoms with Gasteiger partial charge in [0.05, 0.1) is 19.3 Å². The predicted octanol–water partition coefficient (Wildman–Crippen LogP) is 3.31. The summed E-state index contributed by atoms with van der Waals surface area (Å²) in [6.45, 7) is 3.83. The summed E-state index contributed by atoms with van der Waals surface area (Å²) < 4.78 is 28.7. The first-order chi connectivity index (χ1) is 9.60. The molecule has 0 aromatic heterocycles. The van der Waals surface area contributed by atoms with Gasteiger partial charge in [-0.15, -0.1) is 0 Å². The highest BCUT2D eigenvalue weighted by molar-refractivity contribution is 7.55. The molecule has 0 amide bonds. The molecule has 1 saturated heterocycles. The molecule has 0 spiro atoms. The number of hydrogen-bond donors (Lipinski definition) is 0. The molecule has 0 saturated carbocycles. The van der Waals surface area contributed by atoms with Crippen LogP contribution in [0.4, 0.5) is 0 Å². The molecule has 5 nitrogen and oxygen atoms in total. The zero-order chi connectivity index (χ0) is 14.6. The van der Waals surface area contributed by atoms with E-state index in [-0.39, 0.29) is 31.5 Å². The fourth-order valence-electron chi connectivity index (χ4n) is 2.21. The van der Waals surface area contributed by atoms with Gasteiger partial charge < -0.3 is 13.8 Å². The van der Waals surface area contributed by atoms with Gasteiger partial charge in [-0.1, -0.05) is 30.3 Å². The average molecular weight is 298 g/mol. The summed E-state index contributed by atoms with van der Waals surface area (Å²) in [5, 5.41) is 0. The zero-order valence-electron chi connectivity index (χ0n) is 11.7. The normalized spacial score (nSPS) is 23.2. The number of ether oxygens (including phenoxy) is 1. The van der Waals surface area contributed by atoms with Crippen molar-refractivity contribution >= 4 is 13.4 Å². The Kier molecular flexibility index (Phi) is 5.11. The minimum absolute atomic E-state index is 0.193. The summed E-state index contributed by atoms with van der Waals surface area (Å²) in [4.78, 5) is 12.1. The van der Waals surface area contributed by atoms with Crippen molar-refractivity contribution in [2.75, 3.05) is 13.2 Å². The molecule has 6 heteroatoms. The van der Waals surface area contributed by atoms with Crippen molar-refractivity contribution in [2.45, 2.75) is 32.2 Å². The molecule has 1 heterocycles. The minimum Gasteiger partial charge on any atom is -0.350 e. The summed E-state index contributed by atoms with van der Waals surface area (Å²) >= 11 is 0. The number of carbonyl (C=O) groups is 1. The van der Waals surface area contributed by atoms with Crippen LogP contribution in [-0.4, -0.2) is 24.8 Å². The van der Waals surface area contributed by atoms with Crippen LogP contribution in [-0.2, 0) is 23.1 Å². The van der Waals surface area contributed by atoms with Crippen LogP contribution in [0.5, 0.6) is 0 Å². The maximum Gasteiger partial charge on any atom is 0.366 e. The van der Waals surface area contributed by atoms with E-state index in [1.807, 2.05) is 30.3 Å². The number of hydrogen-bond acceptors (Lipinski definition) is 5. The van der Waals surface area contributed by atoms with E-state index in [1.165, 1.54) is 0 Å². The number of ketones is 1. The lowest BCUT2D eigenvalue weighted by Crippen LogP contribution is -2.19. The van der Waals surface area contributed by atoms with Crippen LogP contribution in [0.3, 0.4) is 0 Å². The second-order valence-corrected chi connectivity index (χ2v) is 6.50. The molecule has 0 N–H and O–H groups in total. The molecule has 20 heavy (non-hydrogen) atoms. The van der Waals surface area contributed by atoms with Crippen molar-refractivity contribution in [1.82, 2.24) is 0 Å². The van der Waals surface area contributed by atoms with Crippen molar-refractivity contribution in [3.05, 3.63) is 35.9 Å². The van der Waals surface area contributed by atoms with Gasteiger partial charge in [-0.2, -0.15) is 0 Å². The molecule has 1 aromatic rings. The second kappa shape index (κ2) is 6.64. The third-order valence-electron chi connectivity index (χ3n) is 3.03. The lowest BCUT2D eigenvalue weighted by molar-refractivity contribution is -0.120. The van der Waals surface area contributed by atoms with E-state index in [0.29, 0.717) is 0 Å². The Balaban J connectivity index is 2.18.